The van der Waals surface area contributed by atoms with E-state index < -0.39 is 0 Å². The van der Waals surface area contributed by atoms with Crippen molar-refractivity contribution in [2.75, 3.05) is 44.3 Å². The van der Waals surface area contributed by atoms with E-state index in [1.165, 1.54) is 0 Å². The minimum atomic E-state index is 0.182. The topological polar surface area (TPSA) is 58.6 Å². The van der Waals surface area contributed by atoms with Crippen LogP contribution in [-0.4, -0.2) is 60.2 Å². The number of aromatic nitrogens is 2. The summed E-state index contributed by atoms with van der Waals surface area (Å²) in [6.07, 6.45) is 5.35. The molecule has 4 rings (SSSR count). The predicted octanol–water partition coefficient (Wildman–Crippen LogP) is 0.798. The third-order valence-electron chi connectivity index (χ3n) is 5.20. The van der Waals surface area contributed by atoms with E-state index in [2.05, 4.69) is 19.8 Å². The van der Waals surface area contributed by atoms with E-state index in [1.807, 2.05) is 6.07 Å². The molecule has 0 saturated carbocycles. The van der Waals surface area contributed by atoms with E-state index in [0.717, 1.165) is 58.2 Å². The van der Waals surface area contributed by atoms with Crippen molar-refractivity contribution in [2.24, 2.45) is 17.8 Å². The molecule has 1 aromatic heterocycles. The van der Waals surface area contributed by atoms with E-state index in [9.17, 15) is 4.79 Å². The molecule has 0 bridgehead atoms. The fourth-order valence-corrected chi connectivity index (χ4v) is 3.99. The van der Waals surface area contributed by atoms with Crippen molar-refractivity contribution >= 4 is 11.9 Å². The molecule has 3 fully saturated rings. The third kappa shape index (κ3) is 2.56. The second-order valence-electron chi connectivity index (χ2n) is 6.60. The highest BCUT2D eigenvalue weighted by Gasteiger charge is 2.43. The second-order valence-corrected chi connectivity index (χ2v) is 6.60. The fraction of sp³-hybridized carbons (Fsp3) is 0.688. The number of carbonyl (C=O) groups is 1. The van der Waals surface area contributed by atoms with Gasteiger partial charge in [0.05, 0.1) is 0 Å². The zero-order valence-electron chi connectivity index (χ0n) is 12.7. The molecule has 0 aliphatic carbocycles. The first-order valence-corrected chi connectivity index (χ1v) is 8.20. The van der Waals surface area contributed by atoms with Crippen LogP contribution in [0.2, 0.25) is 0 Å². The zero-order valence-corrected chi connectivity index (χ0v) is 12.7. The number of hydrogen-bond acceptors (Lipinski definition) is 5. The zero-order chi connectivity index (χ0) is 14.9. The van der Waals surface area contributed by atoms with E-state index in [1.54, 1.807) is 12.4 Å². The minimum Gasteiger partial charge on any atom is -0.381 e. The predicted molar refractivity (Wildman–Crippen MR) is 81.3 cm³/mol. The summed E-state index contributed by atoms with van der Waals surface area (Å²) in [5.74, 6) is 2.47. The molecule has 0 spiro atoms. The van der Waals surface area contributed by atoms with Crippen LogP contribution in [0.1, 0.15) is 12.8 Å². The Morgan fingerprint density at radius 2 is 1.68 bits per heavy atom. The van der Waals surface area contributed by atoms with Crippen molar-refractivity contribution in [3.8, 4) is 0 Å². The quantitative estimate of drug-likeness (QED) is 0.809. The number of nitrogens with zero attached hydrogens (tertiary/aromatic N) is 4. The Morgan fingerprint density at radius 1 is 1.05 bits per heavy atom. The summed E-state index contributed by atoms with van der Waals surface area (Å²) in [7, 11) is 0. The average molecular weight is 302 g/mol. The number of carbonyl (C=O) groups excluding carboxylic acids is 1. The fourth-order valence-electron chi connectivity index (χ4n) is 3.99. The lowest BCUT2D eigenvalue weighted by Gasteiger charge is -2.27. The lowest BCUT2D eigenvalue weighted by molar-refractivity contribution is -0.137. The molecule has 6 nitrogen and oxygen atoms in total. The van der Waals surface area contributed by atoms with Crippen LogP contribution in [0, 0.1) is 17.8 Å². The van der Waals surface area contributed by atoms with Crippen LogP contribution in [0.25, 0.3) is 0 Å². The highest BCUT2D eigenvalue weighted by Crippen LogP contribution is 2.34. The van der Waals surface area contributed by atoms with Crippen LogP contribution in [0.5, 0.6) is 0 Å². The minimum absolute atomic E-state index is 0.182. The summed E-state index contributed by atoms with van der Waals surface area (Å²) in [6, 6.07) is 1.84. The first-order valence-electron chi connectivity index (χ1n) is 8.20. The van der Waals surface area contributed by atoms with Crippen molar-refractivity contribution in [1.82, 2.24) is 14.9 Å². The number of likely N-dealkylation sites (tertiary alicyclic amines) is 1. The van der Waals surface area contributed by atoms with Gasteiger partial charge in [0.2, 0.25) is 11.9 Å². The molecule has 3 saturated heterocycles. The van der Waals surface area contributed by atoms with Crippen LogP contribution in [0.3, 0.4) is 0 Å². The molecule has 0 unspecified atom stereocenters. The Labute approximate surface area is 130 Å². The Bertz CT molecular complexity index is 518. The maximum absolute atomic E-state index is 12.6. The Balaban J connectivity index is 1.36. The number of anilines is 1. The lowest BCUT2D eigenvalue weighted by Crippen LogP contribution is -2.39. The molecule has 0 radical (unpaired) electrons. The molecule has 1 aromatic rings. The number of amides is 1. The van der Waals surface area contributed by atoms with Gasteiger partial charge in [0.15, 0.2) is 0 Å². The smallest absolute Gasteiger partial charge is 0.225 e. The van der Waals surface area contributed by atoms with Crippen LogP contribution in [0.15, 0.2) is 18.5 Å². The summed E-state index contributed by atoms with van der Waals surface area (Å²) in [5.41, 5.74) is 0. The Morgan fingerprint density at radius 3 is 2.32 bits per heavy atom. The lowest BCUT2D eigenvalue weighted by atomic mass is 9.99. The largest absolute Gasteiger partial charge is 0.381 e. The third-order valence-corrected chi connectivity index (χ3v) is 5.20. The molecule has 3 aliphatic rings. The van der Waals surface area contributed by atoms with E-state index in [4.69, 9.17) is 4.74 Å². The summed E-state index contributed by atoms with van der Waals surface area (Å²) >= 11 is 0. The van der Waals surface area contributed by atoms with Crippen molar-refractivity contribution in [1.29, 1.82) is 0 Å². The average Bonchev–Trinajstić information content (AvgIpc) is 3.15. The summed E-state index contributed by atoms with van der Waals surface area (Å²) in [4.78, 5) is 25.6. The summed E-state index contributed by atoms with van der Waals surface area (Å²) in [6.45, 7) is 5.18. The molecule has 1 amide bonds. The van der Waals surface area contributed by atoms with Crippen molar-refractivity contribution < 1.29 is 9.53 Å². The second kappa shape index (κ2) is 5.83. The van der Waals surface area contributed by atoms with Crippen LogP contribution in [-0.2, 0) is 9.53 Å². The molecule has 4 heterocycles. The molecular formula is C16H22N4O2. The maximum atomic E-state index is 12.6. The van der Waals surface area contributed by atoms with Gasteiger partial charge in [-0.05, 0) is 18.9 Å². The molecule has 22 heavy (non-hydrogen) atoms. The number of hydrogen-bond donors (Lipinski definition) is 0. The van der Waals surface area contributed by atoms with Crippen molar-refractivity contribution in [3.63, 3.8) is 0 Å². The van der Waals surface area contributed by atoms with Crippen molar-refractivity contribution in [2.45, 2.75) is 12.8 Å². The highest BCUT2D eigenvalue weighted by atomic mass is 16.5. The first kappa shape index (κ1) is 13.9. The number of fused-ring (bicyclic) bond motifs is 1. The van der Waals surface area contributed by atoms with E-state index in [-0.39, 0.29) is 5.92 Å². The van der Waals surface area contributed by atoms with Gasteiger partial charge in [0.1, 0.15) is 0 Å². The summed E-state index contributed by atoms with van der Waals surface area (Å²) < 4.78 is 5.36. The van der Waals surface area contributed by atoms with Gasteiger partial charge in [-0.25, -0.2) is 9.97 Å². The van der Waals surface area contributed by atoms with E-state index in [0.29, 0.717) is 17.7 Å². The normalized spacial score (nSPS) is 28.9. The Kier molecular flexibility index (Phi) is 3.70. The maximum Gasteiger partial charge on any atom is 0.225 e. The van der Waals surface area contributed by atoms with Gasteiger partial charge in [-0.3, -0.25) is 4.79 Å². The number of ether oxygens (including phenoxy) is 1. The first-order chi connectivity index (χ1) is 10.8. The van der Waals surface area contributed by atoms with E-state index >= 15 is 0 Å². The standard InChI is InChI=1S/C16H22N4O2/c21-15(12-2-6-22-7-3-12)19-8-13-10-20(11-14(13)9-19)16-17-4-1-5-18-16/h1,4-5,12-14H,2-3,6-11H2/t13-,14-/m1/s1. The molecule has 0 N–H and O–H groups in total. The van der Waals surface area contributed by atoms with Crippen LogP contribution in [0.4, 0.5) is 5.95 Å². The van der Waals surface area contributed by atoms with Gasteiger partial charge in [0, 0.05) is 69.5 Å². The summed E-state index contributed by atoms with van der Waals surface area (Å²) in [5, 5.41) is 0. The van der Waals surface area contributed by atoms with Crippen molar-refractivity contribution in [3.05, 3.63) is 18.5 Å². The number of rotatable bonds is 2. The highest BCUT2D eigenvalue weighted by molar-refractivity contribution is 5.79. The molecule has 3 aliphatic heterocycles. The molecule has 2 atom stereocenters. The van der Waals surface area contributed by atoms with Gasteiger partial charge in [0.25, 0.3) is 0 Å². The molecular weight excluding hydrogens is 280 g/mol. The van der Waals surface area contributed by atoms with Gasteiger partial charge in [-0.2, -0.15) is 0 Å². The monoisotopic (exact) mass is 302 g/mol. The van der Waals surface area contributed by atoms with Gasteiger partial charge >= 0.3 is 0 Å². The van der Waals surface area contributed by atoms with Crippen LogP contribution >= 0.6 is 0 Å². The molecule has 118 valence electrons. The Hall–Kier alpha value is -1.69. The van der Waals surface area contributed by atoms with Gasteiger partial charge in [-0.15, -0.1) is 0 Å². The van der Waals surface area contributed by atoms with Gasteiger partial charge in [-0.1, -0.05) is 0 Å². The van der Waals surface area contributed by atoms with Gasteiger partial charge < -0.3 is 14.5 Å². The van der Waals surface area contributed by atoms with Crippen LogP contribution < -0.4 is 4.90 Å². The molecule has 0 aromatic carbocycles. The SMILES string of the molecule is O=C(C1CCOCC1)N1C[C@@H]2CN(c3ncccn3)C[C@H]2C1. The molecule has 6 heteroatoms.